The number of ether oxygens (including phenoxy) is 2. The number of benzene rings is 1. The third kappa shape index (κ3) is 4.99. The minimum atomic E-state index is -0.259. The topological polar surface area (TPSA) is 45.5 Å². The standard InChI is InChI=1S/C15H22N2O2/c1-13-5-4-6-14(11-13)15(12-16)17(7-9-18-2)8-10-19-3/h4-6,11,15H,7-10H2,1-3H3. The van der Waals surface area contributed by atoms with Crippen LogP contribution in [0.2, 0.25) is 0 Å². The molecule has 0 spiro atoms. The van der Waals surface area contributed by atoms with Crippen LogP contribution in [0.1, 0.15) is 17.2 Å². The number of nitriles is 1. The lowest BCUT2D eigenvalue weighted by Gasteiger charge is -2.27. The van der Waals surface area contributed by atoms with Crippen LogP contribution in [0, 0.1) is 18.3 Å². The fourth-order valence-corrected chi connectivity index (χ4v) is 1.99. The molecule has 4 nitrogen and oxygen atoms in total. The molecule has 1 rings (SSSR count). The number of hydrogen-bond donors (Lipinski definition) is 0. The van der Waals surface area contributed by atoms with Crippen LogP contribution in [0.5, 0.6) is 0 Å². The molecule has 0 bridgehead atoms. The first kappa shape index (κ1) is 15.6. The lowest BCUT2D eigenvalue weighted by molar-refractivity contribution is 0.101. The Kier molecular flexibility index (Phi) is 7.12. The average Bonchev–Trinajstić information content (AvgIpc) is 2.42. The smallest absolute Gasteiger partial charge is 0.124 e. The van der Waals surface area contributed by atoms with E-state index in [1.807, 2.05) is 25.1 Å². The van der Waals surface area contributed by atoms with Gasteiger partial charge in [0.05, 0.1) is 19.3 Å². The molecule has 0 aliphatic carbocycles. The molecule has 0 amide bonds. The molecule has 0 aliphatic rings. The highest BCUT2D eigenvalue weighted by atomic mass is 16.5. The largest absolute Gasteiger partial charge is 0.383 e. The van der Waals surface area contributed by atoms with E-state index < -0.39 is 0 Å². The molecule has 0 saturated carbocycles. The summed E-state index contributed by atoms with van der Waals surface area (Å²) in [6.07, 6.45) is 0. The van der Waals surface area contributed by atoms with Crippen molar-refractivity contribution < 1.29 is 9.47 Å². The van der Waals surface area contributed by atoms with E-state index in [0.717, 1.165) is 11.1 Å². The van der Waals surface area contributed by atoms with Crippen molar-refractivity contribution in [2.75, 3.05) is 40.5 Å². The van der Waals surface area contributed by atoms with Crippen LogP contribution in [-0.2, 0) is 9.47 Å². The lowest BCUT2D eigenvalue weighted by atomic mass is 10.0. The van der Waals surface area contributed by atoms with Gasteiger partial charge in [-0.2, -0.15) is 5.26 Å². The van der Waals surface area contributed by atoms with Crippen molar-refractivity contribution >= 4 is 0 Å². The fourth-order valence-electron chi connectivity index (χ4n) is 1.99. The van der Waals surface area contributed by atoms with Crippen molar-refractivity contribution in [1.82, 2.24) is 4.90 Å². The Morgan fingerprint density at radius 1 is 1.21 bits per heavy atom. The van der Waals surface area contributed by atoms with Gasteiger partial charge in [-0.05, 0) is 12.5 Å². The third-order valence-electron chi connectivity index (χ3n) is 3.01. The van der Waals surface area contributed by atoms with Crippen molar-refractivity contribution in [3.63, 3.8) is 0 Å². The minimum absolute atomic E-state index is 0.259. The third-order valence-corrected chi connectivity index (χ3v) is 3.01. The molecule has 0 heterocycles. The molecule has 1 atom stereocenters. The van der Waals surface area contributed by atoms with Gasteiger partial charge >= 0.3 is 0 Å². The summed E-state index contributed by atoms with van der Waals surface area (Å²) in [5, 5.41) is 9.47. The number of methoxy groups -OCH3 is 2. The average molecular weight is 262 g/mol. The highest BCUT2D eigenvalue weighted by molar-refractivity contribution is 5.28. The van der Waals surface area contributed by atoms with Gasteiger partial charge in [-0.15, -0.1) is 0 Å². The van der Waals surface area contributed by atoms with Crippen molar-refractivity contribution in [3.8, 4) is 6.07 Å². The molecule has 1 aromatic rings. The van der Waals surface area contributed by atoms with Crippen LogP contribution in [0.15, 0.2) is 24.3 Å². The predicted molar refractivity (Wildman–Crippen MR) is 74.9 cm³/mol. The van der Waals surface area contributed by atoms with Crippen molar-refractivity contribution in [3.05, 3.63) is 35.4 Å². The van der Waals surface area contributed by atoms with Crippen LogP contribution in [0.4, 0.5) is 0 Å². The van der Waals surface area contributed by atoms with Gasteiger partial charge in [-0.25, -0.2) is 0 Å². The van der Waals surface area contributed by atoms with E-state index in [4.69, 9.17) is 9.47 Å². The molecule has 0 aliphatic heterocycles. The van der Waals surface area contributed by atoms with Gasteiger partial charge < -0.3 is 9.47 Å². The number of aryl methyl sites for hydroxylation is 1. The summed E-state index contributed by atoms with van der Waals surface area (Å²) in [4.78, 5) is 2.09. The number of hydrogen-bond acceptors (Lipinski definition) is 4. The molecule has 4 heteroatoms. The van der Waals surface area contributed by atoms with E-state index in [0.29, 0.717) is 26.3 Å². The first-order valence-corrected chi connectivity index (χ1v) is 6.41. The zero-order valence-electron chi connectivity index (χ0n) is 11.9. The van der Waals surface area contributed by atoms with Crippen molar-refractivity contribution in [2.45, 2.75) is 13.0 Å². The van der Waals surface area contributed by atoms with E-state index >= 15 is 0 Å². The van der Waals surface area contributed by atoms with Crippen molar-refractivity contribution in [1.29, 1.82) is 5.26 Å². The van der Waals surface area contributed by atoms with Crippen molar-refractivity contribution in [2.24, 2.45) is 0 Å². The van der Waals surface area contributed by atoms with Crippen LogP contribution in [0.3, 0.4) is 0 Å². The highest BCUT2D eigenvalue weighted by Gasteiger charge is 2.19. The summed E-state index contributed by atoms with van der Waals surface area (Å²) >= 11 is 0. The molecule has 0 aromatic heterocycles. The molecular weight excluding hydrogens is 240 g/mol. The zero-order chi connectivity index (χ0) is 14.1. The summed E-state index contributed by atoms with van der Waals surface area (Å²) in [5.41, 5.74) is 2.19. The monoisotopic (exact) mass is 262 g/mol. The molecule has 0 fully saturated rings. The Labute approximate surface area is 115 Å². The maximum absolute atomic E-state index is 9.47. The molecule has 0 saturated heterocycles. The molecule has 0 radical (unpaired) electrons. The minimum Gasteiger partial charge on any atom is -0.383 e. The molecular formula is C15H22N2O2. The van der Waals surface area contributed by atoms with Gasteiger partial charge in [0.25, 0.3) is 0 Å². The van der Waals surface area contributed by atoms with Gasteiger partial charge in [0.1, 0.15) is 6.04 Å². The predicted octanol–water partition coefficient (Wildman–Crippen LogP) is 2.15. The summed E-state index contributed by atoms with van der Waals surface area (Å²) in [6, 6.07) is 10.2. The Morgan fingerprint density at radius 2 is 1.84 bits per heavy atom. The maximum atomic E-state index is 9.47. The van der Waals surface area contributed by atoms with Gasteiger partial charge in [-0.3, -0.25) is 4.90 Å². The second-order valence-corrected chi connectivity index (χ2v) is 4.47. The van der Waals surface area contributed by atoms with E-state index in [2.05, 4.69) is 17.0 Å². The van der Waals surface area contributed by atoms with E-state index in [1.165, 1.54) is 0 Å². The number of rotatable bonds is 8. The molecule has 1 aromatic carbocycles. The quantitative estimate of drug-likeness (QED) is 0.720. The summed E-state index contributed by atoms with van der Waals surface area (Å²) in [5.74, 6) is 0. The van der Waals surface area contributed by atoms with E-state index in [-0.39, 0.29) is 6.04 Å². The summed E-state index contributed by atoms with van der Waals surface area (Å²) in [6.45, 7) is 4.67. The highest BCUT2D eigenvalue weighted by Crippen LogP contribution is 2.20. The molecule has 0 N–H and O–H groups in total. The van der Waals surface area contributed by atoms with Crippen LogP contribution in [-0.4, -0.2) is 45.4 Å². The maximum Gasteiger partial charge on any atom is 0.124 e. The van der Waals surface area contributed by atoms with E-state index in [1.54, 1.807) is 14.2 Å². The number of nitrogens with zero attached hydrogens (tertiary/aromatic N) is 2. The Bertz CT molecular complexity index is 407. The van der Waals surface area contributed by atoms with Crippen LogP contribution >= 0.6 is 0 Å². The Hall–Kier alpha value is -1.41. The van der Waals surface area contributed by atoms with Crippen LogP contribution < -0.4 is 0 Å². The van der Waals surface area contributed by atoms with Gasteiger partial charge in [0.15, 0.2) is 0 Å². The first-order chi connectivity index (χ1) is 9.22. The molecule has 1 unspecified atom stereocenters. The Morgan fingerprint density at radius 3 is 2.32 bits per heavy atom. The SMILES string of the molecule is COCCN(CCOC)C(C#N)c1cccc(C)c1. The van der Waals surface area contributed by atoms with Gasteiger partial charge in [0, 0.05) is 27.3 Å². The van der Waals surface area contributed by atoms with Gasteiger partial charge in [-0.1, -0.05) is 29.8 Å². The molecule has 19 heavy (non-hydrogen) atoms. The summed E-state index contributed by atoms with van der Waals surface area (Å²) in [7, 11) is 3.34. The Balaban J connectivity index is 2.85. The van der Waals surface area contributed by atoms with Gasteiger partial charge in [0.2, 0.25) is 0 Å². The summed E-state index contributed by atoms with van der Waals surface area (Å²) < 4.78 is 10.2. The van der Waals surface area contributed by atoms with E-state index in [9.17, 15) is 5.26 Å². The second-order valence-electron chi connectivity index (χ2n) is 4.47. The zero-order valence-corrected chi connectivity index (χ0v) is 11.9. The fraction of sp³-hybridized carbons (Fsp3) is 0.533. The second kappa shape index (κ2) is 8.65. The lowest BCUT2D eigenvalue weighted by Crippen LogP contribution is -2.34. The molecule has 104 valence electrons. The van der Waals surface area contributed by atoms with Crippen LogP contribution in [0.25, 0.3) is 0 Å². The normalized spacial score (nSPS) is 12.4. The first-order valence-electron chi connectivity index (χ1n) is 6.41.